The van der Waals surface area contributed by atoms with Crippen LogP contribution >= 0.6 is 0 Å². The summed E-state index contributed by atoms with van der Waals surface area (Å²) in [6.45, 7) is 0. The molecule has 1 heterocycles. The Kier molecular flexibility index (Phi) is 8.21. The summed E-state index contributed by atoms with van der Waals surface area (Å²) in [6.07, 6.45) is 0. The topological polar surface area (TPSA) is 0 Å². The van der Waals surface area contributed by atoms with Crippen LogP contribution in [0.4, 0.5) is 0 Å². The first-order valence-electron chi connectivity index (χ1n) is 23.0. The number of hydrogen-bond acceptors (Lipinski definition) is 0. The normalized spacial score (nSPS) is 13.8. The van der Waals surface area contributed by atoms with Gasteiger partial charge in [0, 0.05) is 0 Å². The second-order valence-electron chi connectivity index (χ2n) is 18.2. The maximum atomic E-state index is 2.55. The van der Waals surface area contributed by atoms with E-state index in [0.29, 0.717) is 16.5 Å². The molecule has 1 aliphatic heterocycles. The van der Waals surface area contributed by atoms with Gasteiger partial charge in [0.25, 0.3) is 0 Å². The summed E-state index contributed by atoms with van der Waals surface area (Å²) in [4.78, 5) is 0. The van der Waals surface area contributed by atoms with Crippen LogP contribution in [0.2, 0.25) is 0 Å². The quantitative estimate of drug-likeness (QED) is 0.122. The van der Waals surface area contributed by atoms with Crippen LogP contribution < -0.4 is 13.2 Å². The Labute approximate surface area is 394 Å². The molecular formula is C63H42Ge2. The first-order chi connectivity index (χ1) is 32.2. The van der Waals surface area contributed by atoms with E-state index in [1.165, 1.54) is 126 Å². The monoisotopic (exact) mass is 946 g/mol. The maximum absolute atomic E-state index is 2.55. The van der Waals surface area contributed by atoms with Gasteiger partial charge < -0.3 is 0 Å². The fraction of sp³-hybridized carbons (Fsp3) is 0.0159. The van der Waals surface area contributed by atoms with Crippen molar-refractivity contribution in [2.75, 3.05) is 0 Å². The van der Waals surface area contributed by atoms with Crippen LogP contribution in [0.25, 0.3) is 99.4 Å². The van der Waals surface area contributed by atoms with Crippen LogP contribution in [0.1, 0.15) is 22.3 Å². The zero-order valence-corrected chi connectivity index (χ0v) is 43.2. The van der Waals surface area contributed by atoms with E-state index in [9.17, 15) is 0 Å². The molecule has 0 unspecified atom stereocenters. The van der Waals surface area contributed by atoms with E-state index in [4.69, 9.17) is 0 Å². The van der Waals surface area contributed by atoms with Gasteiger partial charge in [0.2, 0.25) is 0 Å². The Morgan fingerprint density at radius 3 is 1.48 bits per heavy atom. The Balaban J connectivity index is 1.10. The summed E-state index contributed by atoms with van der Waals surface area (Å²) in [7, 11) is 0. The summed E-state index contributed by atoms with van der Waals surface area (Å²) >= 11 is -0.675. The Hall–Kier alpha value is -6.97. The summed E-state index contributed by atoms with van der Waals surface area (Å²) < 4.78 is 4.67. The van der Waals surface area contributed by atoms with Gasteiger partial charge in [-0.15, -0.1) is 0 Å². The molecule has 14 rings (SSSR count). The summed E-state index contributed by atoms with van der Waals surface area (Å²) in [5.74, 6) is 0. The SMILES string of the molecule is [GeH3][c]1ccccc1-c1cccc(-c2cccc3c(-c4cccc5c4-c4ccccc4C54c5ccccc5-c5ccccc54)c4cccc(-c5cccc6[c]5[GeH2][c]5ccccc5-6)c4cc23)c1. The predicted molar refractivity (Wildman–Crippen MR) is 282 cm³/mol. The van der Waals surface area contributed by atoms with Gasteiger partial charge in [-0.1, -0.05) is 36.4 Å². The molecule has 1 spiro atoms. The molecule has 0 radical (unpaired) electrons. The molecular weight excluding hydrogens is 902 g/mol. The average molecular weight is 944 g/mol. The molecule has 302 valence electrons. The van der Waals surface area contributed by atoms with Crippen molar-refractivity contribution in [3.05, 3.63) is 247 Å². The van der Waals surface area contributed by atoms with Gasteiger partial charge >= 0.3 is 360 Å². The van der Waals surface area contributed by atoms with Crippen molar-refractivity contribution in [2.24, 2.45) is 0 Å². The molecule has 0 nitrogen and oxygen atoms in total. The number of hydrogen-bond donors (Lipinski definition) is 0. The molecule has 0 aromatic heterocycles. The molecule has 11 aromatic carbocycles. The molecule has 2 aliphatic carbocycles. The van der Waals surface area contributed by atoms with E-state index >= 15 is 0 Å². The van der Waals surface area contributed by atoms with Gasteiger partial charge in [-0.2, -0.15) is 0 Å². The average Bonchev–Trinajstić information content (AvgIpc) is 4.00. The van der Waals surface area contributed by atoms with Crippen LogP contribution in [0.5, 0.6) is 0 Å². The molecule has 0 bridgehead atoms. The third-order valence-electron chi connectivity index (χ3n) is 15.1. The minimum atomic E-state index is -1.25. The van der Waals surface area contributed by atoms with Crippen LogP contribution in [-0.4, -0.2) is 31.9 Å². The third-order valence-corrected chi connectivity index (χ3v) is 21.4. The van der Waals surface area contributed by atoms with Crippen LogP contribution in [0, 0.1) is 0 Å². The van der Waals surface area contributed by atoms with Crippen molar-refractivity contribution in [1.29, 1.82) is 0 Å². The molecule has 3 aliphatic rings. The molecule has 0 amide bonds. The van der Waals surface area contributed by atoms with E-state index in [1.54, 1.807) is 8.79 Å². The van der Waals surface area contributed by atoms with Crippen LogP contribution in [0.15, 0.2) is 224 Å². The van der Waals surface area contributed by atoms with Crippen molar-refractivity contribution in [3.63, 3.8) is 0 Å². The Morgan fingerprint density at radius 2 is 0.754 bits per heavy atom. The van der Waals surface area contributed by atoms with E-state index < -0.39 is 20.8 Å². The van der Waals surface area contributed by atoms with Gasteiger partial charge in [0.1, 0.15) is 0 Å². The van der Waals surface area contributed by atoms with Gasteiger partial charge in [-0.25, -0.2) is 0 Å². The zero-order chi connectivity index (χ0) is 42.8. The predicted octanol–water partition coefficient (Wildman–Crippen LogP) is 12.1. The third kappa shape index (κ3) is 5.21. The van der Waals surface area contributed by atoms with Gasteiger partial charge in [-0.3, -0.25) is 0 Å². The van der Waals surface area contributed by atoms with E-state index in [1.807, 2.05) is 0 Å². The number of fused-ring (bicyclic) bond motifs is 15. The molecule has 11 aromatic rings. The van der Waals surface area contributed by atoms with Crippen molar-refractivity contribution in [1.82, 2.24) is 0 Å². The Bertz CT molecular complexity index is 3790. The second-order valence-corrected chi connectivity index (χ2v) is 24.3. The zero-order valence-electron chi connectivity index (χ0n) is 36.1. The standard InChI is InChI=1S/C63H42Ge2/c64-58-34-9-4-18-41(58)39-17-11-16-38(36-39)40-23-12-25-46-52(40)37-53-42(48-27-14-28-49-45-21-5-10-35-59(45)65-62(48)49)24-13-26-47(53)60(46)51-29-15-33-57-61(51)50-22-3-8-32-56(50)63(57)54-30-6-1-19-43(54)44-20-2-7-31-55(44)63/h1-37H,65H2,64H3. The fourth-order valence-corrected chi connectivity index (χ4v) is 18.3. The van der Waals surface area contributed by atoms with Crippen molar-refractivity contribution < 1.29 is 0 Å². The van der Waals surface area contributed by atoms with Gasteiger partial charge in [0.15, 0.2) is 0 Å². The molecule has 0 saturated heterocycles. The second kappa shape index (κ2) is 14.3. The van der Waals surface area contributed by atoms with Gasteiger partial charge in [0.05, 0.1) is 0 Å². The molecule has 0 atom stereocenters. The van der Waals surface area contributed by atoms with Crippen molar-refractivity contribution in [3.8, 4) is 77.9 Å². The number of benzene rings is 11. The van der Waals surface area contributed by atoms with Crippen LogP contribution in [-0.2, 0) is 5.41 Å². The fourth-order valence-electron chi connectivity index (χ4n) is 12.5. The van der Waals surface area contributed by atoms with E-state index in [-0.39, 0.29) is 0 Å². The minimum absolute atomic E-state index is 0.419. The first-order valence-corrected chi connectivity index (χ1v) is 28.0. The first kappa shape index (κ1) is 37.4. The van der Waals surface area contributed by atoms with Crippen LogP contribution in [0.3, 0.4) is 0 Å². The molecule has 0 N–H and O–H groups in total. The Morgan fingerprint density at radius 1 is 0.292 bits per heavy atom. The summed E-state index contributed by atoms with van der Waals surface area (Å²) in [6, 6.07) is 86.0. The van der Waals surface area contributed by atoms with Gasteiger partial charge in [-0.05, 0) is 0 Å². The van der Waals surface area contributed by atoms with Crippen molar-refractivity contribution >= 4 is 66.7 Å². The molecule has 0 saturated carbocycles. The summed E-state index contributed by atoms with van der Waals surface area (Å²) in [5.41, 5.74) is 23.8. The summed E-state index contributed by atoms with van der Waals surface area (Å²) in [5, 5.41) is 5.18. The number of rotatable bonds is 4. The van der Waals surface area contributed by atoms with E-state index in [2.05, 4.69) is 224 Å². The molecule has 2 heteroatoms. The van der Waals surface area contributed by atoms with Crippen molar-refractivity contribution in [2.45, 2.75) is 5.41 Å². The van der Waals surface area contributed by atoms with E-state index in [0.717, 1.165) is 0 Å². The molecule has 65 heavy (non-hydrogen) atoms. The molecule has 0 fully saturated rings.